The van der Waals surface area contributed by atoms with Crippen molar-refractivity contribution in [1.82, 2.24) is 30.1 Å². The van der Waals surface area contributed by atoms with Crippen LogP contribution in [0.4, 0.5) is 14.5 Å². The predicted molar refractivity (Wildman–Crippen MR) is 152 cm³/mol. The van der Waals surface area contributed by atoms with Gasteiger partial charge in [-0.15, -0.1) is 0 Å². The molecule has 41 heavy (non-hydrogen) atoms. The van der Waals surface area contributed by atoms with Gasteiger partial charge in [0.25, 0.3) is 0 Å². The molecule has 1 atom stereocenters. The van der Waals surface area contributed by atoms with Crippen molar-refractivity contribution >= 4 is 5.69 Å². The standard InChI is InChI=1S/C30H35F2N7O2/c1-6-41-28-24(8-7-15-33-28)25-13-14-26-27(35-25)30(4,36-39(26)20(2)3)37(17-21-9-11-23(40-5)12-10-21)18-22-16-34-38(19-22)29(31)32/h7-16,19-20,29,36H,6,17-18H2,1-5H3. The molecule has 1 aliphatic heterocycles. The Bertz CT molecular complexity index is 1480. The minimum absolute atomic E-state index is 0.116. The molecule has 3 aromatic heterocycles. The molecule has 0 saturated carbocycles. The van der Waals surface area contributed by atoms with Crippen molar-refractivity contribution in [3.63, 3.8) is 0 Å². The average Bonchev–Trinajstić information content (AvgIpc) is 3.57. The Labute approximate surface area is 238 Å². The zero-order chi connectivity index (χ0) is 29.1. The molecule has 0 radical (unpaired) electrons. The van der Waals surface area contributed by atoms with E-state index in [1.807, 2.05) is 49.4 Å². The monoisotopic (exact) mass is 563 g/mol. The molecule has 4 heterocycles. The smallest absolute Gasteiger partial charge is 0.333 e. The number of nitrogens with zero attached hydrogens (tertiary/aromatic N) is 6. The number of halogens is 2. The van der Waals surface area contributed by atoms with Crippen LogP contribution in [0, 0.1) is 0 Å². The molecule has 1 unspecified atom stereocenters. The van der Waals surface area contributed by atoms with Gasteiger partial charge in [-0.1, -0.05) is 12.1 Å². The van der Waals surface area contributed by atoms with Gasteiger partial charge in [0.2, 0.25) is 5.88 Å². The molecule has 1 N–H and O–H groups in total. The number of anilines is 1. The van der Waals surface area contributed by atoms with Gasteiger partial charge in [-0.2, -0.15) is 13.9 Å². The summed E-state index contributed by atoms with van der Waals surface area (Å²) in [6.07, 6.45) is 4.57. The first-order valence-corrected chi connectivity index (χ1v) is 13.6. The number of rotatable bonds is 11. The van der Waals surface area contributed by atoms with Gasteiger partial charge in [-0.25, -0.2) is 20.1 Å². The van der Waals surface area contributed by atoms with Crippen molar-refractivity contribution in [1.29, 1.82) is 0 Å². The lowest BCUT2D eigenvalue weighted by Crippen LogP contribution is -2.56. The van der Waals surface area contributed by atoms with Gasteiger partial charge < -0.3 is 14.5 Å². The maximum Gasteiger partial charge on any atom is 0.333 e. The van der Waals surface area contributed by atoms with Crippen molar-refractivity contribution in [3.05, 3.63) is 83.9 Å². The molecule has 0 amide bonds. The second-order valence-electron chi connectivity index (χ2n) is 10.3. The molecule has 1 aliphatic rings. The van der Waals surface area contributed by atoms with Gasteiger partial charge in [-0.05, 0) is 69.7 Å². The van der Waals surface area contributed by atoms with Crippen molar-refractivity contribution < 1.29 is 18.3 Å². The van der Waals surface area contributed by atoms with E-state index in [9.17, 15) is 8.78 Å². The van der Waals surface area contributed by atoms with Gasteiger partial charge >= 0.3 is 6.55 Å². The van der Waals surface area contributed by atoms with Gasteiger partial charge in [0.15, 0.2) is 0 Å². The zero-order valence-corrected chi connectivity index (χ0v) is 23.9. The number of fused-ring (bicyclic) bond motifs is 1. The fraction of sp³-hybridized carbons (Fsp3) is 0.367. The fourth-order valence-electron chi connectivity index (χ4n) is 5.08. The molecule has 9 nitrogen and oxygen atoms in total. The number of hydrogen-bond acceptors (Lipinski definition) is 8. The van der Waals surface area contributed by atoms with Crippen molar-refractivity contribution in [3.8, 4) is 22.9 Å². The van der Waals surface area contributed by atoms with Gasteiger partial charge in [0.1, 0.15) is 17.1 Å². The third-order valence-electron chi connectivity index (χ3n) is 7.17. The molecule has 5 rings (SSSR count). The normalized spacial score (nSPS) is 16.6. The molecular formula is C30H35F2N7O2. The molecule has 1 aromatic carbocycles. The number of hydrazine groups is 1. The van der Waals surface area contributed by atoms with Crippen LogP contribution in [0.15, 0.2) is 67.1 Å². The molecule has 0 bridgehead atoms. The number of methoxy groups -OCH3 is 1. The highest BCUT2D eigenvalue weighted by molar-refractivity contribution is 5.69. The lowest BCUT2D eigenvalue weighted by molar-refractivity contribution is 0.0512. The number of benzene rings is 1. The van der Waals surface area contributed by atoms with E-state index in [-0.39, 0.29) is 6.04 Å². The third-order valence-corrected chi connectivity index (χ3v) is 7.17. The van der Waals surface area contributed by atoms with Crippen molar-refractivity contribution in [2.75, 3.05) is 18.7 Å². The molecule has 11 heteroatoms. The quantitative estimate of drug-likeness (QED) is 0.247. The Hall–Kier alpha value is -4.09. The van der Waals surface area contributed by atoms with Crippen LogP contribution in [0.2, 0.25) is 0 Å². The van der Waals surface area contributed by atoms with E-state index < -0.39 is 12.2 Å². The summed E-state index contributed by atoms with van der Waals surface area (Å²) < 4.78 is 38.6. The Morgan fingerprint density at radius 2 is 1.80 bits per heavy atom. The fourth-order valence-corrected chi connectivity index (χ4v) is 5.08. The van der Waals surface area contributed by atoms with Crippen molar-refractivity contribution in [2.45, 2.75) is 59.0 Å². The van der Waals surface area contributed by atoms with Crippen LogP contribution in [0.5, 0.6) is 11.6 Å². The summed E-state index contributed by atoms with van der Waals surface area (Å²) in [5, 5.41) is 5.97. The van der Waals surface area contributed by atoms with Gasteiger partial charge in [-0.3, -0.25) is 4.90 Å². The maximum atomic E-state index is 13.4. The van der Waals surface area contributed by atoms with Gasteiger partial charge in [0, 0.05) is 37.1 Å². The van der Waals surface area contributed by atoms with Crippen LogP contribution in [-0.2, 0) is 18.8 Å². The summed E-state index contributed by atoms with van der Waals surface area (Å²) in [5.41, 5.74) is 7.85. The molecular weight excluding hydrogens is 528 g/mol. The lowest BCUT2D eigenvalue weighted by atomic mass is 10.0. The summed E-state index contributed by atoms with van der Waals surface area (Å²) in [4.78, 5) is 11.8. The summed E-state index contributed by atoms with van der Waals surface area (Å²) in [7, 11) is 1.63. The van der Waals surface area contributed by atoms with E-state index in [1.54, 1.807) is 13.3 Å². The number of ether oxygens (including phenoxy) is 2. The van der Waals surface area contributed by atoms with E-state index >= 15 is 0 Å². The first kappa shape index (κ1) is 28.4. The Balaban J connectivity index is 1.61. The topological polar surface area (TPSA) is 80.6 Å². The minimum Gasteiger partial charge on any atom is -0.497 e. The second-order valence-corrected chi connectivity index (χ2v) is 10.3. The average molecular weight is 564 g/mol. The van der Waals surface area contributed by atoms with Crippen LogP contribution in [0.25, 0.3) is 11.3 Å². The Morgan fingerprint density at radius 1 is 1.05 bits per heavy atom. The highest BCUT2D eigenvalue weighted by Gasteiger charge is 2.46. The third kappa shape index (κ3) is 5.73. The number of pyridine rings is 2. The SMILES string of the molecule is CCOc1ncccc1-c1ccc2c(n1)C(C)(N(Cc1ccc(OC)cc1)Cc1cnn(C(F)F)c1)NN2C(C)C. The van der Waals surface area contributed by atoms with E-state index in [4.69, 9.17) is 14.5 Å². The van der Waals surface area contributed by atoms with Crippen LogP contribution in [0.1, 0.15) is 51.1 Å². The molecule has 216 valence electrons. The lowest BCUT2D eigenvalue weighted by Gasteiger charge is -2.39. The number of hydrogen-bond donors (Lipinski definition) is 1. The van der Waals surface area contributed by atoms with Crippen molar-refractivity contribution in [2.24, 2.45) is 0 Å². The molecule has 4 aromatic rings. The highest BCUT2D eigenvalue weighted by Crippen LogP contribution is 2.42. The van der Waals surface area contributed by atoms with Crippen LogP contribution < -0.4 is 19.9 Å². The summed E-state index contributed by atoms with van der Waals surface area (Å²) >= 11 is 0. The van der Waals surface area contributed by atoms with Crippen LogP contribution in [-0.4, -0.2) is 44.4 Å². The molecule has 0 aliphatic carbocycles. The highest BCUT2D eigenvalue weighted by atomic mass is 19.3. The first-order chi connectivity index (χ1) is 19.7. The van der Waals surface area contributed by atoms with Crippen LogP contribution >= 0.6 is 0 Å². The number of nitrogens with one attached hydrogen (secondary N) is 1. The Morgan fingerprint density at radius 3 is 2.46 bits per heavy atom. The van der Waals surface area contributed by atoms with Crippen LogP contribution in [0.3, 0.4) is 0 Å². The second kappa shape index (κ2) is 11.8. The number of alkyl halides is 2. The van der Waals surface area contributed by atoms with E-state index in [0.717, 1.165) is 34.0 Å². The van der Waals surface area contributed by atoms with Gasteiger partial charge in [0.05, 0.1) is 36.9 Å². The maximum absolute atomic E-state index is 13.4. The largest absolute Gasteiger partial charge is 0.497 e. The number of aromatic nitrogens is 4. The predicted octanol–water partition coefficient (Wildman–Crippen LogP) is 5.75. The molecule has 0 fully saturated rings. The molecule has 0 saturated heterocycles. The Kier molecular flexibility index (Phi) is 8.18. The first-order valence-electron chi connectivity index (χ1n) is 13.6. The van der Waals surface area contributed by atoms with E-state index in [1.165, 1.54) is 12.4 Å². The summed E-state index contributed by atoms with van der Waals surface area (Å²) in [5.74, 6) is 1.28. The van der Waals surface area contributed by atoms with E-state index in [2.05, 4.69) is 52.3 Å². The molecule has 0 spiro atoms. The summed E-state index contributed by atoms with van der Waals surface area (Å²) in [6, 6.07) is 15.8. The minimum atomic E-state index is -2.71. The van der Waals surface area contributed by atoms with E-state index in [0.29, 0.717) is 35.8 Å². The summed E-state index contributed by atoms with van der Waals surface area (Å²) in [6.45, 7) is 6.81. The zero-order valence-electron chi connectivity index (χ0n) is 23.9.